The van der Waals surface area contributed by atoms with Gasteiger partial charge in [-0.05, 0) is 63.9 Å². The van der Waals surface area contributed by atoms with Crippen LogP contribution in [0.2, 0.25) is 0 Å². The topological polar surface area (TPSA) is 51.2 Å². The zero-order valence-corrected chi connectivity index (χ0v) is 16.2. The quantitative estimate of drug-likeness (QED) is 0.684. The second-order valence-electron chi connectivity index (χ2n) is 8.45. The zero-order chi connectivity index (χ0) is 18.3. The summed E-state index contributed by atoms with van der Waals surface area (Å²) in [6, 6.07) is 0. The molecule has 0 aromatic carbocycles. The summed E-state index contributed by atoms with van der Waals surface area (Å²) in [4.78, 5) is 12.2. The van der Waals surface area contributed by atoms with Crippen molar-refractivity contribution in [3.63, 3.8) is 0 Å². The molecule has 0 heterocycles. The van der Waals surface area contributed by atoms with Crippen LogP contribution in [0.3, 0.4) is 0 Å². The van der Waals surface area contributed by atoms with Crippen molar-refractivity contribution in [3.05, 3.63) is 22.9 Å². The van der Waals surface area contributed by atoms with Gasteiger partial charge in [-0.15, -0.1) is 0 Å². The van der Waals surface area contributed by atoms with Crippen LogP contribution in [0.5, 0.6) is 0 Å². The van der Waals surface area contributed by atoms with E-state index < -0.39 is 19.7 Å². The first-order valence-electron chi connectivity index (χ1n) is 8.75. The SMILES string of the molecule is C[C@H](CC=C(F)S(=O)(=O)C(C)(C)C)C1=CC[C@H]2C(=O)CCC[C@]12C. The summed E-state index contributed by atoms with van der Waals surface area (Å²) >= 11 is 0. The molecule has 2 aliphatic carbocycles. The predicted molar refractivity (Wildman–Crippen MR) is 94.8 cm³/mol. The van der Waals surface area contributed by atoms with Gasteiger partial charge in [0.05, 0.1) is 4.75 Å². The Balaban J connectivity index is 2.15. The van der Waals surface area contributed by atoms with Gasteiger partial charge in [-0.2, -0.15) is 4.39 Å². The number of rotatable bonds is 4. The number of sulfone groups is 1. The molecule has 5 heteroatoms. The fourth-order valence-corrected chi connectivity index (χ4v) is 5.01. The molecule has 0 saturated heterocycles. The van der Waals surface area contributed by atoms with Crippen LogP contribution in [-0.2, 0) is 14.6 Å². The van der Waals surface area contributed by atoms with Crippen LogP contribution in [0.15, 0.2) is 22.9 Å². The number of allylic oxidation sites excluding steroid dienone is 3. The molecule has 3 nitrogen and oxygen atoms in total. The van der Waals surface area contributed by atoms with Gasteiger partial charge in [0.25, 0.3) is 0 Å². The van der Waals surface area contributed by atoms with Crippen molar-refractivity contribution in [1.29, 1.82) is 0 Å². The first kappa shape index (κ1) is 19.4. The Morgan fingerprint density at radius 1 is 1.46 bits per heavy atom. The predicted octanol–water partition coefficient (Wildman–Crippen LogP) is 4.74. The number of carbonyl (C=O) groups excluding carboxylic acids is 1. The molecular formula is C19H29FO3S. The van der Waals surface area contributed by atoms with Crippen molar-refractivity contribution in [2.24, 2.45) is 17.3 Å². The molecule has 3 atom stereocenters. The summed E-state index contributed by atoms with van der Waals surface area (Å²) in [5.41, 5.74) is 1.06. The fourth-order valence-electron chi connectivity index (χ4n) is 4.11. The third kappa shape index (κ3) is 3.24. The Morgan fingerprint density at radius 2 is 2.08 bits per heavy atom. The van der Waals surface area contributed by atoms with Gasteiger partial charge in [-0.1, -0.05) is 25.5 Å². The third-order valence-corrected chi connectivity index (χ3v) is 8.03. The molecule has 1 saturated carbocycles. The molecule has 0 unspecified atom stereocenters. The van der Waals surface area contributed by atoms with Crippen LogP contribution in [0, 0.1) is 17.3 Å². The fraction of sp³-hybridized carbons (Fsp3) is 0.737. The van der Waals surface area contributed by atoms with Gasteiger partial charge >= 0.3 is 0 Å². The number of hydrogen-bond acceptors (Lipinski definition) is 3. The van der Waals surface area contributed by atoms with E-state index in [1.54, 1.807) is 0 Å². The molecule has 2 aliphatic rings. The Labute approximate surface area is 145 Å². The number of ketones is 1. The molecule has 0 aliphatic heterocycles. The average molecular weight is 357 g/mol. The minimum atomic E-state index is -3.92. The molecule has 0 amide bonds. The van der Waals surface area contributed by atoms with Gasteiger partial charge in [0.15, 0.2) is 0 Å². The maximum atomic E-state index is 14.2. The van der Waals surface area contributed by atoms with Crippen molar-refractivity contribution in [1.82, 2.24) is 0 Å². The lowest BCUT2D eigenvalue weighted by Crippen LogP contribution is -2.36. The Hall–Kier alpha value is -0.970. The molecule has 2 rings (SSSR count). The van der Waals surface area contributed by atoms with Crippen LogP contribution < -0.4 is 0 Å². The van der Waals surface area contributed by atoms with Gasteiger partial charge in [0.1, 0.15) is 5.78 Å². The number of Topliss-reactive ketones (excluding diaryl/α,β-unsaturated/α-hetero) is 1. The van der Waals surface area contributed by atoms with Crippen LogP contribution in [-0.4, -0.2) is 18.9 Å². The lowest BCUT2D eigenvalue weighted by atomic mass is 9.63. The maximum absolute atomic E-state index is 14.2. The first-order valence-corrected chi connectivity index (χ1v) is 10.2. The van der Waals surface area contributed by atoms with Crippen LogP contribution in [0.4, 0.5) is 4.39 Å². The van der Waals surface area contributed by atoms with Gasteiger partial charge in [0.2, 0.25) is 15.0 Å². The van der Waals surface area contributed by atoms with Gasteiger partial charge in [-0.3, -0.25) is 4.79 Å². The summed E-state index contributed by atoms with van der Waals surface area (Å²) in [6.07, 6.45) is 6.97. The molecule has 0 spiro atoms. The largest absolute Gasteiger partial charge is 0.299 e. The van der Waals surface area contributed by atoms with E-state index >= 15 is 0 Å². The molecule has 0 N–H and O–H groups in total. The van der Waals surface area contributed by atoms with Crippen LogP contribution in [0.25, 0.3) is 0 Å². The van der Waals surface area contributed by atoms with E-state index in [1.165, 1.54) is 32.4 Å². The number of halogens is 1. The van der Waals surface area contributed by atoms with E-state index in [2.05, 4.69) is 13.0 Å². The Morgan fingerprint density at radius 3 is 2.67 bits per heavy atom. The third-order valence-electron chi connectivity index (χ3n) is 5.74. The van der Waals surface area contributed by atoms with Gasteiger partial charge < -0.3 is 0 Å². The first-order chi connectivity index (χ1) is 10.9. The van der Waals surface area contributed by atoms with Crippen LogP contribution >= 0.6 is 0 Å². The van der Waals surface area contributed by atoms with E-state index in [-0.39, 0.29) is 17.3 Å². The minimum absolute atomic E-state index is 0.0341. The van der Waals surface area contributed by atoms with Crippen molar-refractivity contribution in [2.45, 2.75) is 71.5 Å². The summed E-state index contributed by atoms with van der Waals surface area (Å²) in [5.74, 6) is 0.418. The molecule has 0 bridgehead atoms. The van der Waals surface area contributed by atoms with Gasteiger partial charge in [0, 0.05) is 12.3 Å². The van der Waals surface area contributed by atoms with Crippen molar-refractivity contribution in [2.75, 3.05) is 0 Å². The minimum Gasteiger partial charge on any atom is -0.299 e. The lowest BCUT2D eigenvalue weighted by molar-refractivity contribution is -0.128. The normalized spacial score (nSPS) is 30.1. The summed E-state index contributed by atoms with van der Waals surface area (Å²) in [5, 5.41) is -1.04. The summed E-state index contributed by atoms with van der Waals surface area (Å²) < 4.78 is 37.3. The highest BCUT2D eigenvalue weighted by Gasteiger charge is 2.47. The summed E-state index contributed by atoms with van der Waals surface area (Å²) in [7, 11) is -3.92. The monoisotopic (exact) mass is 356 g/mol. The second kappa shape index (κ2) is 6.40. The standard InChI is InChI=1S/C19H29FO3S/c1-13(8-11-17(20)24(22,23)18(2,3)4)14-9-10-15-16(21)7-6-12-19(14,15)5/h9,11,13,15H,6-8,10,12H2,1-5H3/t13-,15+,19-/m1/s1. The van der Waals surface area contributed by atoms with Gasteiger partial charge in [-0.25, -0.2) is 8.42 Å². The average Bonchev–Trinajstić information content (AvgIpc) is 2.81. The Bertz CT molecular complexity index is 682. The Kier molecular flexibility index (Phi) is 5.16. The second-order valence-corrected chi connectivity index (χ2v) is 11.1. The maximum Gasteiger partial charge on any atom is 0.211 e. The highest BCUT2D eigenvalue weighted by molar-refractivity contribution is 7.96. The number of fused-ring (bicyclic) bond motifs is 1. The number of carbonyl (C=O) groups is 1. The molecule has 1 fully saturated rings. The summed E-state index contributed by atoms with van der Waals surface area (Å²) in [6.45, 7) is 8.62. The molecule has 0 radical (unpaired) electrons. The van der Waals surface area contributed by atoms with E-state index in [4.69, 9.17) is 0 Å². The van der Waals surface area contributed by atoms with Crippen LogP contribution in [0.1, 0.15) is 66.7 Å². The molecular weight excluding hydrogens is 327 g/mol. The zero-order valence-electron chi connectivity index (χ0n) is 15.4. The smallest absolute Gasteiger partial charge is 0.211 e. The van der Waals surface area contributed by atoms with Crippen molar-refractivity contribution < 1.29 is 17.6 Å². The molecule has 0 aromatic rings. The van der Waals surface area contributed by atoms with Crippen molar-refractivity contribution in [3.8, 4) is 0 Å². The molecule has 24 heavy (non-hydrogen) atoms. The van der Waals surface area contributed by atoms with E-state index in [0.29, 0.717) is 18.6 Å². The number of hydrogen-bond donors (Lipinski definition) is 0. The van der Waals surface area contributed by atoms with Crippen molar-refractivity contribution >= 4 is 15.6 Å². The molecule has 136 valence electrons. The lowest BCUT2D eigenvalue weighted by Gasteiger charge is -2.40. The highest BCUT2D eigenvalue weighted by atomic mass is 32.2. The van der Waals surface area contributed by atoms with E-state index in [1.807, 2.05) is 6.92 Å². The molecule has 0 aromatic heterocycles. The highest BCUT2D eigenvalue weighted by Crippen LogP contribution is 2.53. The van der Waals surface area contributed by atoms with E-state index in [9.17, 15) is 17.6 Å². The van der Waals surface area contributed by atoms with E-state index in [0.717, 1.165) is 19.3 Å².